The van der Waals surface area contributed by atoms with Crippen LogP contribution in [0.15, 0.2) is 29.2 Å². The largest absolute Gasteiger partial charge is 0.240 e. The average Bonchev–Trinajstić information content (AvgIpc) is 2.25. The molecule has 1 N–H and O–H groups in total. The van der Waals surface area contributed by atoms with Crippen molar-refractivity contribution in [3.8, 4) is 0 Å². The van der Waals surface area contributed by atoms with Gasteiger partial charge < -0.3 is 0 Å². The van der Waals surface area contributed by atoms with Crippen molar-refractivity contribution in [3.05, 3.63) is 29.3 Å². The molecule has 0 aliphatic rings. The van der Waals surface area contributed by atoms with Crippen LogP contribution in [0.3, 0.4) is 0 Å². The van der Waals surface area contributed by atoms with Crippen molar-refractivity contribution in [2.24, 2.45) is 0 Å². The fourth-order valence-corrected chi connectivity index (χ4v) is 2.64. The molecule has 1 aromatic rings. The van der Waals surface area contributed by atoms with Crippen molar-refractivity contribution in [1.29, 1.82) is 0 Å². The summed E-state index contributed by atoms with van der Waals surface area (Å²) in [4.78, 5) is 0.223. The van der Waals surface area contributed by atoms with E-state index < -0.39 is 10.0 Å². The van der Waals surface area contributed by atoms with Crippen LogP contribution in [0, 0.1) is 0 Å². The molecule has 0 saturated heterocycles. The summed E-state index contributed by atoms with van der Waals surface area (Å²) in [5, 5.41) is 0.579. The predicted octanol–water partition coefficient (Wildman–Crippen LogP) is 3.03. The molecule has 0 amide bonds. The van der Waals surface area contributed by atoms with Crippen molar-refractivity contribution >= 4 is 33.2 Å². The van der Waals surface area contributed by atoms with E-state index in [-0.39, 0.29) is 10.3 Å². The first kappa shape index (κ1) is 14.8. The minimum absolute atomic E-state index is 0.0648. The van der Waals surface area contributed by atoms with E-state index in [1.54, 1.807) is 12.1 Å². The van der Waals surface area contributed by atoms with Gasteiger partial charge >= 0.3 is 0 Å². The van der Waals surface area contributed by atoms with Crippen LogP contribution in [0.5, 0.6) is 0 Å². The van der Waals surface area contributed by atoms with Crippen molar-refractivity contribution < 1.29 is 8.42 Å². The zero-order valence-electron chi connectivity index (χ0n) is 9.49. The lowest BCUT2D eigenvalue weighted by Crippen LogP contribution is -2.25. The second-order valence-corrected chi connectivity index (χ2v) is 6.72. The summed E-state index contributed by atoms with van der Waals surface area (Å²) in [6.45, 7) is 2.28. The molecule has 0 aliphatic carbocycles. The molecule has 1 atom stereocenters. The average molecular weight is 296 g/mol. The van der Waals surface area contributed by atoms with Crippen LogP contribution in [-0.2, 0) is 10.0 Å². The number of hydrogen-bond acceptors (Lipinski definition) is 2. The minimum Gasteiger partial charge on any atom is -0.211 e. The first-order valence-electron chi connectivity index (χ1n) is 5.31. The second kappa shape index (κ2) is 6.59. The number of benzene rings is 1. The summed E-state index contributed by atoms with van der Waals surface area (Å²) < 4.78 is 26.1. The number of halogens is 2. The molecule has 6 heteroatoms. The van der Waals surface area contributed by atoms with Gasteiger partial charge in [0.25, 0.3) is 0 Å². The molecule has 1 aromatic carbocycles. The predicted molar refractivity (Wildman–Crippen MR) is 71.2 cm³/mol. The lowest BCUT2D eigenvalue weighted by molar-refractivity contribution is 0.576. The van der Waals surface area contributed by atoms with Crippen LogP contribution in [0.2, 0.25) is 5.02 Å². The summed E-state index contributed by atoms with van der Waals surface area (Å²) in [6, 6.07) is 6.07. The monoisotopic (exact) mass is 295 g/mol. The quantitative estimate of drug-likeness (QED) is 0.648. The van der Waals surface area contributed by atoms with Crippen LogP contribution in [0.1, 0.15) is 19.8 Å². The molecule has 1 rings (SSSR count). The third kappa shape index (κ3) is 5.25. The van der Waals surface area contributed by atoms with E-state index in [4.69, 9.17) is 23.2 Å². The Morgan fingerprint density at radius 2 is 1.88 bits per heavy atom. The molecule has 1 unspecified atom stereocenters. The lowest BCUT2D eigenvalue weighted by atomic mass is 10.2. The van der Waals surface area contributed by atoms with E-state index >= 15 is 0 Å². The summed E-state index contributed by atoms with van der Waals surface area (Å²) in [6.07, 6.45) is 1.50. The number of nitrogens with one attached hydrogen (secondary N) is 1. The number of rotatable bonds is 6. The normalized spacial score (nSPS) is 13.6. The summed E-state index contributed by atoms with van der Waals surface area (Å²) in [5.41, 5.74) is 0. The Kier molecular flexibility index (Phi) is 5.73. The van der Waals surface area contributed by atoms with Crippen molar-refractivity contribution in [2.75, 3.05) is 6.54 Å². The molecular weight excluding hydrogens is 281 g/mol. The first-order valence-corrected chi connectivity index (χ1v) is 7.61. The van der Waals surface area contributed by atoms with Gasteiger partial charge in [0.05, 0.1) is 4.90 Å². The Morgan fingerprint density at radius 3 is 2.41 bits per heavy atom. The van der Waals surface area contributed by atoms with Gasteiger partial charge in [0, 0.05) is 16.9 Å². The molecule has 3 nitrogen and oxygen atoms in total. The maximum atomic E-state index is 11.8. The Balaban J connectivity index is 2.54. The second-order valence-electron chi connectivity index (χ2n) is 3.77. The number of alkyl halides is 1. The van der Waals surface area contributed by atoms with Crippen LogP contribution in [0.25, 0.3) is 0 Å². The van der Waals surface area contributed by atoms with E-state index in [0.29, 0.717) is 11.6 Å². The topological polar surface area (TPSA) is 46.2 Å². The zero-order valence-corrected chi connectivity index (χ0v) is 11.8. The van der Waals surface area contributed by atoms with E-state index in [2.05, 4.69) is 4.72 Å². The highest BCUT2D eigenvalue weighted by Crippen LogP contribution is 2.13. The van der Waals surface area contributed by atoms with Gasteiger partial charge in [0.1, 0.15) is 0 Å². The fraction of sp³-hybridized carbons (Fsp3) is 0.455. The van der Waals surface area contributed by atoms with Crippen molar-refractivity contribution in [2.45, 2.75) is 30.0 Å². The molecule has 0 fully saturated rings. The molecule has 17 heavy (non-hydrogen) atoms. The Morgan fingerprint density at radius 1 is 1.29 bits per heavy atom. The van der Waals surface area contributed by atoms with Gasteiger partial charge in [-0.1, -0.05) is 11.6 Å². The van der Waals surface area contributed by atoms with E-state index in [0.717, 1.165) is 12.8 Å². The standard InChI is InChI=1S/C11H15Cl2NO2S/c1-9(12)3-2-8-14-17(15,16)11-6-4-10(13)5-7-11/h4-7,9,14H,2-3,8H2,1H3. The molecule has 0 heterocycles. The summed E-state index contributed by atoms with van der Waals surface area (Å²) >= 11 is 11.5. The molecule has 0 saturated carbocycles. The van der Waals surface area contributed by atoms with Gasteiger partial charge in [-0.3, -0.25) is 0 Å². The highest BCUT2D eigenvalue weighted by molar-refractivity contribution is 7.89. The highest BCUT2D eigenvalue weighted by Gasteiger charge is 2.12. The van der Waals surface area contributed by atoms with Gasteiger partial charge in [-0.25, -0.2) is 13.1 Å². The van der Waals surface area contributed by atoms with Crippen LogP contribution >= 0.6 is 23.2 Å². The minimum atomic E-state index is -3.43. The number of hydrogen-bond donors (Lipinski definition) is 1. The van der Waals surface area contributed by atoms with E-state index in [1.165, 1.54) is 12.1 Å². The zero-order chi connectivity index (χ0) is 12.9. The molecule has 0 aromatic heterocycles. The Labute approximate surface area is 112 Å². The van der Waals surface area contributed by atoms with Crippen molar-refractivity contribution in [1.82, 2.24) is 4.72 Å². The molecule has 0 spiro atoms. The van der Waals surface area contributed by atoms with E-state index in [1.807, 2.05) is 6.92 Å². The van der Waals surface area contributed by atoms with Crippen molar-refractivity contribution in [3.63, 3.8) is 0 Å². The molecule has 96 valence electrons. The Hall–Kier alpha value is -0.290. The number of sulfonamides is 1. The Bertz CT molecular complexity index is 443. The van der Waals surface area contributed by atoms with E-state index in [9.17, 15) is 8.42 Å². The van der Waals surface area contributed by atoms with Crippen LogP contribution < -0.4 is 4.72 Å². The van der Waals surface area contributed by atoms with Gasteiger partial charge in [0.15, 0.2) is 0 Å². The molecule has 0 aliphatic heterocycles. The highest BCUT2D eigenvalue weighted by atomic mass is 35.5. The van der Waals surface area contributed by atoms with Gasteiger partial charge in [-0.15, -0.1) is 11.6 Å². The third-order valence-electron chi connectivity index (χ3n) is 2.19. The first-order chi connectivity index (χ1) is 7.92. The molecule has 0 bridgehead atoms. The lowest BCUT2D eigenvalue weighted by Gasteiger charge is -2.07. The third-order valence-corrected chi connectivity index (χ3v) is 4.14. The molecular formula is C11H15Cl2NO2S. The maximum absolute atomic E-state index is 11.8. The van der Waals surface area contributed by atoms with Crippen LogP contribution in [-0.4, -0.2) is 20.3 Å². The summed E-state index contributed by atoms with van der Waals surface area (Å²) in [5.74, 6) is 0. The van der Waals surface area contributed by atoms with Gasteiger partial charge in [-0.05, 0) is 44.0 Å². The summed E-state index contributed by atoms with van der Waals surface area (Å²) in [7, 11) is -3.43. The van der Waals surface area contributed by atoms with Gasteiger partial charge in [-0.2, -0.15) is 0 Å². The molecule has 0 radical (unpaired) electrons. The van der Waals surface area contributed by atoms with Gasteiger partial charge in [0.2, 0.25) is 10.0 Å². The fourth-order valence-electron chi connectivity index (χ4n) is 1.29. The van der Waals surface area contributed by atoms with Crippen LogP contribution in [0.4, 0.5) is 0 Å². The SMILES string of the molecule is CC(Cl)CCCNS(=O)(=O)c1ccc(Cl)cc1. The maximum Gasteiger partial charge on any atom is 0.240 e. The smallest absolute Gasteiger partial charge is 0.211 e.